The summed E-state index contributed by atoms with van der Waals surface area (Å²) in [7, 11) is 0. The number of nitrogen functional groups attached to an aromatic ring is 1. The standard InChI is InChI=1S/C20H21ClN2O2.ClH/c21-17-5-3-15(4-6-17)20(25)16-9-11-23(12-10-16)19(24)13-14-1-7-18(22)8-2-14;/h1-8,16H,9-13,22H2;1H. The molecule has 0 radical (unpaired) electrons. The highest BCUT2D eigenvalue weighted by atomic mass is 35.5. The van der Waals surface area contributed by atoms with Crippen molar-refractivity contribution in [3.05, 3.63) is 64.7 Å². The van der Waals surface area contributed by atoms with E-state index in [-0.39, 0.29) is 30.0 Å². The van der Waals surface area contributed by atoms with Crippen molar-refractivity contribution >= 4 is 41.4 Å². The van der Waals surface area contributed by atoms with E-state index >= 15 is 0 Å². The van der Waals surface area contributed by atoms with Gasteiger partial charge in [0.1, 0.15) is 0 Å². The number of likely N-dealkylation sites (tertiary alicyclic amines) is 1. The summed E-state index contributed by atoms with van der Waals surface area (Å²) in [6, 6.07) is 14.4. The normalized spacial score (nSPS) is 14.6. The van der Waals surface area contributed by atoms with E-state index in [1.807, 2.05) is 17.0 Å². The van der Waals surface area contributed by atoms with Gasteiger partial charge in [-0.05, 0) is 54.8 Å². The predicted molar refractivity (Wildman–Crippen MR) is 107 cm³/mol. The highest BCUT2D eigenvalue weighted by Crippen LogP contribution is 2.23. The maximum atomic E-state index is 12.6. The third-order valence-electron chi connectivity index (χ3n) is 4.68. The van der Waals surface area contributed by atoms with Crippen molar-refractivity contribution in [2.24, 2.45) is 5.92 Å². The molecule has 2 aromatic carbocycles. The lowest BCUT2D eigenvalue weighted by molar-refractivity contribution is -0.131. The molecule has 1 fully saturated rings. The number of carbonyl (C=O) groups excluding carboxylic acids is 2. The van der Waals surface area contributed by atoms with Crippen LogP contribution in [0.5, 0.6) is 0 Å². The number of carbonyl (C=O) groups is 2. The lowest BCUT2D eigenvalue weighted by Gasteiger charge is -2.31. The first-order valence-corrected chi connectivity index (χ1v) is 8.82. The smallest absolute Gasteiger partial charge is 0.226 e. The van der Waals surface area contributed by atoms with Crippen molar-refractivity contribution in [1.82, 2.24) is 4.90 Å². The molecule has 0 saturated carbocycles. The number of halogens is 2. The Morgan fingerprint density at radius 2 is 1.58 bits per heavy atom. The van der Waals surface area contributed by atoms with E-state index in [4.69, 9.17) is 17.3 Å². The molecule has 2 N–H and O–H groups in total. The van der Waals surface area contributed by atoms with Crippen LogP contribution in [0, 0.1) is 5.92 Å². The summed E-state index contributed by atoms with van der Waals surface area (Å²) in [5.74, 6) is 0.214. The van der Waals surface area contributed by atoms with Crippen LogP contribution in [0.1, 0.15) is 28.8 Å². The van der Waals surface area contributed by atoms with Crippen molar-refractivity contribution in [3.63, 3.8) is 0 Å². The van der Waals surface area contributed by atoms with Crippen LogP contribution in [0.4, 0.5) is 5.69 Å². The van der Waals surface area contributed by atoms with E-state index < -0.39 is 0 Å². The third kappa shape index (κ3) is 4.99. The van der Waals surface area contributed by atoms with Crippen LogP contribution < -0.4 is 5.73 Å². The summed E-state index contributed by atoms with van der Waals surface area (Å²) >= 11 is 5.87. The van der Waals surface area contributed by atoms with Crippen LogP contribution in [0.3, 0.4) is 0 Å². The second-order valence-corrected chi connectivity index (χ2v) is 6.88. The van der Waals surface area contributed by atoms with Crippen LogP contribution in [0.2, 0.25) is 5.02 Å². The van der Waals surface area contributed by atoms with Gasteiger partial charge in [0.15, 0.2) is 5.78 Å². The second-order valence-electron chi connectivity index (χ2n) is 6.44. The van der Waals surface area contributed by atoms with Crippen LogP contribution in [0.15, 0.2) is 48.5 Å². The van der Waals surface area contributed by atoms with Crippen molar-refractivity contribution in [1.29, 1.82) is 0 Å². The van der Waals surface area contributed by atoms with Crippen molar-refractivity contribution in [2.45, 2.75) is 19.3 Å². The molecular weight excluding hydrogens is 371 g/mol. The molecule has 1 heterocycles. The number of hydrogen-bond donors (Lipinski definition) is 1. The molecule has 0 atom stereocenters. The Morgan fingerprint density at radius 1 is 1.00 bits per heavy atom. The molecular formula is C20H22Cl2N2O2. The molecule has 0 spiro atoms. The van der Waals surface area contributed by atoms with E-state index in [0.29, 0.717) is 48.6 Å². The minimum Gasteiger partial charge on any atom is -0.399 e. The van der Waals surface area contributed by atoms with Crippen molar-refractivity contribution in [3.8, 4) is 0 Å². The molecule has 0 unspecified atom stereocenters. The highest BCUT2D eigenvalue weighted by Gasteiger charge is 2.27. The molecule has 1 amide bonds. The zero-order chi connectivity index (χ0) is 17.8. The van der Waals surface area contributed by atoms with Gasteiger partial charge >= 0.3 is 0 Å². The quantitative estimate of drug-likeness (QED) is 0.631. The number of rotatable bonds is 4. The Bertz CT molecular complexity index is 752. The SMILES string of the molecule is Cl.Nc1ccc(CC(=O)N2CCC(C(=O)c3ccc(Cl)cc3)CC2)cc1. The average molecular weight is 393 g/mol. The lowest BCUT2D eigenvalue weighted by Crippen LogP contribution is -2.41. The molecule has 0 bridgehead atoms. The Kier molecular flexibility index (Phi) is 7.06. The summed E-state index contributed by atoms with van der Waals surface area (Å²) in [5, 5.41) is 0.625. The first-order chi connectivity index (χ1) is 12.0. The summed E-state index contributed by atoms with van der Waals surface area (Å²) in [4.78, 5) is 26.8. The van der Waals surface area contributed by atoms with Gasteiger partial charge in [0.25, 0.3) is 0 Å². The number of anilines is 1. The van der Waals surface area contributed by atoms with Gasteiger partial charge in [-0.1, -0.05) is 23.7 Å². The maximum Gasteiger partial charge on any atom is 0.226 e. The van der Waals surface area contributed by atoms with Crippen LogP contribution in [0.25, 0.3) is 0 Å². The van der Waals surface area contributed by atoms with Crippen molar-refractivity contribution in [2.75, 3.05) is 18.8 Å². The minimum absolute atomic E-state index is 0. The number of benzene rings is 2. The van der Waals surface area contributed by atoms with Crippen LogP contribution >= 0.6 is 24.0 Å². The molecule has 6 heteroatoms. The number of piperidine rings is 1. The zero-order valence-electron chi connectivity index (χ0n) is 14.4. The Hall–Kier alpha value is -2.04. The maximum absolute atomic E-state index is 12.6. The summed E-state index contributed by atoms with van der Waals surface area (Å²) in [6.45, 7) is 1.25. The van der Waals surface area contributed by atoms with Gasteiger partial charge in [-0.3, -0.25) is 9.59 Å². The summed E-state index contributed by atoms with van der Waals surface area (Å²) in [6.07, 6.45) is 1.78. The first-order valence-electron chi connectivity index (χ1n) is 8.45. The van der Waals surface area contributed by atoms with Gasteiger partial charge < -0.3 is 10.6 Å². The Morgan fingerprint density at radius 3 is 2.15 bits per heavy atom. The van der Waals surface area contributed by atoms with E-state index in [1.54, 1.807) is 36.4 Å². The van der Waals surface area contributed by atoms with Crippen LogP contribution in [-0.4, -0.2) is 29.7 Å². The zero-order valence-corrected chi connectivity index (χ0v) is 15.9. The molecule has 1 aliphatic rings. The number of hydrogen-bond acceptors (Lipinski definition) is 3. The summed E-state index contributed by atoms with van der Waals surface area (Å²) in [5.41, 5.74) is 8.01. The van der Waals surface area contributed by atoms with E-state index in [1.165, 1.54) is 0 Å². The number of amides is 1. The average Bonchev–Trinajstić information content (AvgIpc) is 2.64. The largest absolute Gasteiger partial charge is 0.399 e. The van der Waals surface area contributed by atoms with E-state index in [2.05, 4.69) is 0 Å². The van der Waals surface area contributed by atoms with Crippen molar-refractivity contribution < 1.29 is 9.59 Å². The number of nitrogens with two attached hydrogens (primary N) is 1. The Balaban J connectivity index is 0.00000243. The molecule has 1 aliphatic heterocycles. The predicted octanol–water partition coefficient (Wildman–Crippen LogP) is 4.01. The highest BCUT2D eigenvalue weighted by molar-refractivity contribution is 6.30. The fourth-order valence-corrected chi connectivity index (χ4v) is 3.29. The van der Waals surface area contributed by atoms with E-state index in [9.17, 15) is 9.59 Å². The van der Waals surface area contributed by atoms with E-state index in [0.717, 1.165) is 5.56 Å². The molecule has 4 nitrogen and oxygen atoms in total. The molecule has 3 rings (SSSR count). The van der Waals surface area contributed by atoms with Gasteiger partial charge in [0.05, 0.1) is 6.42 Å². The molecule has 1 saturated heterocycles. The minimum atomic E-state index is -0.0262. The molecule has 2 aromatic rings. The van der Waals surface area contributed by atoms with Gasteiger partial charge in [-0.25, -0.2) is 0 Å². The lowest BCUT2D eigenvalue weighted by atomic mass is 9.88. The second kappa shape index (κ2) is 9.06. The fraction of sp³-hybridized carbons (Fsp3) is 0.300. The summed E-state index contributed by atoms with van der Waals surface area (Å²) < 4.78 is 0. The van der Waals surface area contributed by atoms with Gasteiger partial charge in [0, 0.05) is 35.3 Å². The number of Topliss-reactive ketones (excluding diaryl/α,β-unsaturated/α-hetero) is 1. The Labute approximate surface area is 164 Å². The van der Waals surface area contributed by atoms with Crippen LogP contribution in [-0.2, 0) is 11.2 Å². The first kappa shape index (κ1) is 20.3. The fourth-order valence-electron chi connectivity index (χ4n) is 3.16. The van der Waals surface area contributed by atoms with Gasteiger partial charge in [-0.15, -0.1) is 12.4 Å². The topological polar surface area (TPSA) is 63.4 Å². The third-order valence-corrected chi connectivity index (χ3v) is 4.93. The molecule has 138 valence electrons. The number of ketones is 1. The monoisotopic (exact) mass is 392 g/mol. The molecule has 0 aromatic heterocycles. The van der Waals surface area contributed by atoms with Gasteiger partial charge in [0.2, 0.25) is 5.91 Å². The molecule has 0 aliphatic carbocycles. The van der Waals surface area contributed by atoms with Gasteiger partial charge in [-0.2, -0.15) is 0 Å². The number of nitrogens with zero attached hydrogens (tertiary/aromatic N) is 1. The molecule has 26 heavy (non-hydrogen) atoms.